The molecule has 0 radical (unpaired) electrons. The molecule has 3 N–H and O–H groups in total. The number of hydrogen-bond acceptors (Lipinski definition) is 7. The van der Waals surface area contributed by atoms with Gasteiger partial charge in [-0.1, -0.05) is 187 Å². The maximum Gasteiger partial charge on any atom is 0.472 e. The number of unbranched alkanes of at least 4 members (excludes halogenated alkanes) is 14. The molecule has 0 aromatic carbocycles. The van der Waals surface area contributed by atoms with E-state index in [1.807, 2.05) is 0 Å². The highest BCUT2D eigenvalue weighted by Crippen LogP contribution is 2.43. The van der Waals surface area contributed by atoms with Crippen LogP contribution < -0.4 is 5.73 Å². The van der Waals surface area contributed by atoms with Gasteiger partial charge in [0.15, 0.2) is 0 Å². The number of carbonyl (C=O) groups excluding carboxylic acids is 1. The summed E-state index contributed by atoms with van der Waals surface area (Å²) >= 11 is 0. The Kier molecular flexibility index (Phi) is 46.9. The zero-order valence-electron chi connectivity index (χ0n) is 39.3. The zero-order chi connectivity index (χ0) is 45.1. The molecule has 0 aromatic heterocycles. The van der Waals surface area contributed by atoms with Gasteiger partial charge in [0.1, 0.15) is 6.10 Å². The minimum absolute atomic E-state index is 0.0899. The van der Waals surface area contributed by atoms with Crippen LogP contribution in [-0.4, -0.2) is 49.9 Å². The fourth-order valence-electron chi connectivity index (χ4n) is 6.19. The molecular formula is C53H90NO7P. The highest BCUT2D eigenvalue weighted by molar-refractivity contribution is 7.47. The molecular weight excluding hydrogens is 794 g/mol. The largest absolute Gasteiger partial charge is 0.472 e. The third kappa shape index (κ3) is 48.2. The van der Waals surface area contributed by atoms with E-state index in [1.165, 1.54) is 44.9 Å². The Hall–Kier alpha value is -2.84. The summed E-state index contributed by atoms with van der Waals surface area (Å²) in [7, 11) is -4.30. The van der Waals surface area contributed by atoms with E-state index in [1.54, 1.807) is 0 Å². The number of rotatable bonds is 45. The van der Waals surface area contributed by atoms with Crippen molar-refractivity contribution in [1.29, 1.82) is 0 Å². The number of phosphoric acid groups is 1. The van der Waals surface area contributed by atoms with Gasteiger partial charge in [0.25, 0.3) is 0 Å². The Bertz CT molecular complexity index is 1310. The maximum absolute atomic E-state index is 12.7. The minimum Gasteiger partial charge on any atom is -0.457 e. The Balaban J connectivity index is 4.06. The lowest BCUT2D eigenvalue weighted by Gasteiger charge is -2.20. The third-order valence-corrected chi connectivity index (χ3v) is 10.7. The summed E-state index contributed by atoms with van der Waals surface area (Å²) in [5.74, 6) is -0.350. The van der Waals surface area contributed by atoms with Crippen LogP contribution in [0.15, 0.2) is 109 Å². The summed E-state index contributed by atoms with van der Waals surface area (Å²) in [6.07, 6.45) is 66.8. The van der Waals surface area contributed by atoms with Gasteiger partial charge in [0, 0.05) is 19.6 Å². The van der Waals surface area contributed by atoms with E-state index < -0.39 is 13.9 Å². The first-order valence-electron chi connectivity index (χ1n) is 24.4. The molecule has 0 spiro atoms. The summed E-state index contributed by atoms with van der Waals surface area (Å²) in [6, 6.07) is 0. The second-order valence-electron chi connectivity index (χ2n) is 15.6. The van der Waals surface area contributed by atoms with Crippen molar-refractivity contribution in [2.45, 2.75) is 187 Å². The monoisotopic (exact) mass is 884 g/mol. The molecule has 8 nitrogen and oxygen atoms in total. The number of carbonyl (C=O) groups is 1. The van der Waals surface area contributed by atoms with Crippen molar-refractivity contribution in [3.63, 3.8) is 0 Å². The van der Waals surface area contributed by atoms with Gasteiger partial charge in [-0.15, -0.1) is 0 Å². The summed E-state index contributed by atoms with van der Waals surface area (Å²) in [4.78, 5) is 22.6. The van der Waals surface area contributed by atoms with Crippen molar-refractivity contribution >= 4 is 13.8 Å². The van der Waals surface area contributed by atoms with Crippen LogP contribution in [0.4, 0.5) is 0 Å². The minimum atomic E-state index is -4.30. The molecule has 2 atom stereocenters. The van der Waals surface area contributed by atoms with E-state index in [4.69, 9.17) is 24.3 Å². The molecule has 0 aliphatic carbocycles. The van der Waals surface area contributed by atoms with Crippen LogP contribution in [0.1, 0.15) is 181 Å². The van der Waals surface area contributed by atoms with Crippen LogP contribution in [0, 0.1) is 0 Å². The molecule has 0 aliphatic heterocycles. The lowest BCUT2D eigenvalue weighted by molar-refractivity contribution is -0.154. The Labute approximate surface area is 380 Å². The third-order valence-electron chi connectivity index (χ3n) is 9.69. The van der Waals surface area contributed by atoms with Gasteiger partial charge >= 0.3 is 13.8 Å². The Morgan fingerprint density at radius 2 is 0.855 bits per heavy atom. The second-order valence-corrected chi connectivity index (χ2v) is 17.0. The van der Waals surface area contributed by atoms with Gasteiger partial charge < -0.3 is 20.1 Å². The molecule has 0 aliphatic rings. The molecule has 0 fully saturated rings. The molecule has 2 unspecified atom stereocenters. The van der Waals surface area contributed by atoms with Crippen molar-refractivity contribution in [1.82, 2.24) is 0 Å². The van der Waals surface area contributed by atoms with E-state index in [9.17, 15) is 14.3 Å². The molecule has 62 heavy (non-hydrogen) atoms. The number of nitrogens with two attached hydrogens (primary N) is 1. The van der Waals surface area contributed by atoms with E-state index in [0.717, 1.165) is 116 Å². The molecule has 0 heterocycles. The number of allylic oxidation sites excluding steroid dienone is 18. The molecule has 0 amide bonds. The Morgan fingerprint density at radius 1 is 0.484 bits per heavy atom. The van der Waals surface area contributed by atoms with Gasteiger partial charge in [-0.3, -0.25) is 13.8 Å². The highest BCUT2D eigenvalue weighted by atomic mass is 31.2. The van der Waals surface area contributed by atoms with Crippen molar-refractivity contribution in [2.75, 3.05) is 33.0 Å². The van der Waals surface area contributed by atoms with Crippen LogP contribution in [0.5, 0.6) is 0 Å². The number of phosphoric ester groups is 1. The van der Waals surface area contributed by atoms with Crippen molar-refractivity contribution in [2.24, 2.45) is 5.73 Å². The molecule has 0 rings (SSSR count). The fraction of sp³-hybridized carbons (Fsp3) is 0.642. The van der Waals surface area contributed by atoms with Crippen molar-refractivity contribution in [3.05, 3.63) is 109 Å². The average Bonchev–Trinajstić information content (AvgIpc) is 3.26. The highest BCUT2D eigenvalue weighted by Gasteiger charge is 2.25. The van der Waals surface area contributed by atoms with Crippen molar-refractivity contribution < 1.29 is 32.8 Å². The standard InChI is InChI=1S/C53H90NO7P/c1-3-5-7-9-11-13-15-17-19-21-23-25-26-27-28-30-32-34-36-38-40-42-44-46-53(55)61-52(51-60-62(56,57)59-49-47-54)50-58-48-45-43-41-39-37-35-33-31-29-24-22-20-18-16-14-12-10-8-6-4-2/h5-8,11-14,17-20,23-25,27-29,52H,3-4,9-10,15-16,21-22,26,30-51,54H2,1-2H3,(H,56,57)/b7-5-,8-6-,13-11-,14-12-,19-17-,20-18-,25-23-,28-27-,29-24-. The topological polar surface area (TPSA) is 117 Å². The van der Waals surface area contributed by atoms with Gasteiger partial charge in [0.2, 0.25) is 0 Å². The molecule has 0 aromatic rings. The average molecular weight is 884 g/mol. The van der Waals surface area contributed by atoms with Crippen LogP contribution in [0.25, 0.3) is 0 Å². The van der Waals surface area contributed by atoms with Crippen LogP contribution in [0.2, 0.25) is 0 Å². The van der Waals surface area contributed by atoms with E-state index >= 15 is 0 Å². The molecule has 354 valence electrons. The summed E-state index contributed by atoms with van der Waals surface area (Å²) in [5.41, 5.74) is 5.38. The predicted octanol–water partition coefficient (Wildman–Crippen LogP) is 15.2. The first-order chi connectivity index (χ1) is 30.4. The number of hydrogen-bond donors (Lipinski definition) is 2. The summed E-state index contributed by atoms with van der Waals surface area (Å²) in [5, 5.41) is 0. The lowest BCUT2D eigenvalue weighted by Crippen LogP contribution is -2.28. The van der Waals surface area contributed by atoms with Crippen molar-refractivity contribution in [3.8, 4) is 0 Å². The predicted molar refractivity (Wildman–Crippen MR) is 265 cm³/mol. The van der Waals surface area contributed by atoms with Crippen LogP contribution in [0.3, 0.4) is 0 Å². The summed E-state index contributed by atoms with van der Waals surface area (Å²) in [6.45, 7) is 4.63. The van der Waals surface area contributed by atoms with Crippen LogP contribution in [-0.2, 0) is 27.9 Å². The number of esters is 1. The van der Waals surface area contributed by atoms with Gasteiger partial charge in [-0.25, -0.2) is 4.57 Å². The molecule has 9 heteroatoms. The molecule has 0 bridgehead atoms. The lowest BCUT2D eigenvalue weighted by atomic mass is 10.1. The van der Waals surface area contributed by atoms with Gasteiger partial charge in [-0.05, 0) is 96.3 Å². The maximum atomic E-state index is 12.7. The van der Waals surface area contributed by atoms with Crippen LogP contribution >= 0.6 is 7.82 Å². The Morgan fingerprint density at radius 3 is 1.27 bits per heavy atom. The quantitative estimate of drug-likeness (QED) is 0.0269. The SMILES string of the molecule is CC/C=C\C/C=C\C/C=C\C/C=C\C/C=C\CCCCCCCCCC(=O)OC(COCCCCCCCCC/C=C\C/C=C\C/C=C\C/C=C\CC)COP(=O)(O)OCCN. The smallest absolute Gasteiger partial charge is 0.457 e. The van der Waals surface area contributed by atoms with E-state index in [2.05, 4.69) is 123 Å². The fourth-order valence-corrected chi connectivity index (χ4v) is 6.96. The number of ether oxygens (including phenoxy) is 2. The first-order valence-corrected chi connectivity index (χ1v) is 25.9. The first kappa shape index (κ1) is 59.2. The van der Waals surface area contributed by atoms with E-state index in [-0.39, 0.29) is 32.3 Å². The zero-order valence-corrected chi connectivity index (χ0v) is 40.2. The second kappa shape index (κ2) is 49.2. The molecule has 0 saturated carbocycles. The summed E-state index contributed by atoms with van der Waals surface area (Å²) < 4.78 is 33.5. The molecule has 0 saturated heterocycles. The van der Waals surface area contributed by atoms with Gasteiger partial charge in [0.05, 0.1) is 19.8 Å². The van der Waals surface area contributed by atoms with Gasteiger partial charge in [-0.2, -0.15) is 0 Å². The normalized spacial score (nSPS) is 14.3. The van der Waals surface area contributed by atoms with E-state index in [0.29, 0.717) is 13.0 Å².